The number of rotatable bonds is 0. The maximum Gasteiger partial charge on any atom is 0.0718 e. The first-order valence-electron chi connectivity index (χ1n) is 2.09. The van der Waals surface area contributed by atoms with Crippen LogP contribution in [0.15, 0.2) is 16.6 Å². The first kappa shape index (κ1) is 4.14. The first-order valence-corrected chi connectivity index (χ1v) is 2.09. The number of allylic oxidation sites excluding steroid dienone is 1. The summed E-state index contributed by atoms with van der Waals surface area (Å²) in [7, 11) is 0. The van der Waals surface area contributed by atoms with Crippen LogP contribution in [0.4, 0.5) is 0 Å². The maximum absolute atomic E-state index is 5.04. The van der Waals surface area contributed by atoms with Crippen LogP contribution in [0.3, 0.4) is 0 Å². The molecule has 1 heterocycles. The van der Waals surface area contributed by atoms with E-state index in [2.05, 4.69) is 10.9 Å². The van der Waals surface area contributed by atoms with Gasteiger partial charge in [-0.05, 0) is 6.08 Å². The molecule has 0 atom stereocenters. The van der Waals surface area contributed by atoms with Crippen molar-refractivity contribution in [2.24, 2.45) is 4.99 Å². The van der Waals surface area contributed by atoms with Crippen LogP contribution in [0, 0.1) is 12.3 Å². The molecule has 0 aromatic carbocycles. The fourth-order valence-electron chi connectivity index (χ4n) is 0.440. The number of terminal acetylenes is 1. The van der Waals surface area contributed by atoms with Crippen LogP contribution in [0.5, 0.6) is 0 Å². The van der Waals surface area contributed by atoms with Gasteiger partial charge in [-0.2, -0.15) is 0 Å². The lowest BCUT2D eigenvalue weighted by Crippen LogP contribution is -1.74. The maximum atomic E-state index is 5.04. The molecule has 34 valence electrons. The van der Waals surface area contributed by atoms with Crippen molar-refractivity contribution in [1.82, 2.24) is 0 Å². The van der Waals surface area contributed by atoms with Crippen molar-refractivity contribution in [2.75, 3.05) is 6.54 Å². The molecule has 0 spiro atoms. The third kappa shape index (κ3) is 0.690. The largest absolute Gasteiger partial charge is 0.288 e. The van der Waals surface area contributed by atoms with Crippen LogP contribution in [-0.4, -0.2) is 12.8 Å². The van der Waals surface area contributed by atoms with Gasteiger partial charge < -0.3 is 0 Å². The van der Waals surface area contributed by atoms with Crippen LogP contribution in [0.2, 0.25) is 0 Å². The Morgan fingerprint density at radius 2 is 2.71 bits per heavy atom. The molecular weight excluding hydrogens is 86.1 g/mol. The quantitative estimate of drug-likeness (QED) is 0.388. The molecule has 0 N–H and O–H groups in total. The summed E-state index contributed by atoms with van der Waals surface area (Å²) >= 11 is 0. The molecule has 0 amide bonds. The van der Waals surface area contributed by atoms with Gasteiger partial charge in [-0.1, -0.05) is 5.92 Å². The smallest absolute Gasteiger partial charge is 0.0718 e. The summed E-state index contributed by atoms with van der Waals surface area (Å²) in [5.41, 5.74) is 0.972. The van der Waals surface area contributed by atoms with Crippen molar-refractivity contribution in [1.29, 1.82) is 0 Å². The van der Waals surface area contributed by atoms with E-state index in [4.69, 9.17) is 6.42 Å². The molecule has 1 nitrogen and oxygen atoms in total. The van der Waals surface area contributed by atoms with E-state index in [0.29, 0.717) is 6.54 Å². The van der Waals surface area contributed by atoms with Gasteiger partial charge in [0.15, 0.2) is 0 Å². The van der Waals surface area contributed by atoms with Crippen LogP contribution in [0.25, 0.3) is 0 Å². The molecule has 0 unspecified atom stereocenters. The third-order valence-electron chi connectivity index (χ3n) is 0.828. The Morgan fingerprint density at radius 3 is 3.00 bits per heavy atom. The standard InChI is InChI=1S/C6H5N/c1-2-6-3-4-7-5-6/h1,3-4H,5H2. The summed E-state index contributed by atoms with van der Waals surface area (Å²) in [5.74, 6) is 2.50. The molecule has 0 saturated carbocycles. The van der Waals surface area contributed by atoms with Crippen LogP contribution >= 0.6 is 0 Å². The summed E-state index contributed by atoms with van der Waals surface area (Å²) in [6.45, 7) is 0.705. The van der Waals surface area contributed by atoms with Crippen molar-refractivity contribution in [3.05, 3.63) is 11.6 Å². The summed E-state index contributed by atoms with van der Waals surface area (Å²) in [5, 5.41) is 0. The van der Waals surface area contributed by atoms with Gasteiger partial charge in [0.05, 0.1) is 6.54 Å². The molecule has 0 saturated heterocycles. The fraction of sp³-hybridized carbons (Fsp3) is 0.167. The minimum Gasteiger partial charge on any atom is -0.288 e. The normalized spacial score (nSPS) is 16.1. The highest BCUT2D eigenvalue weighted by Gasteiger charge is 1.91. The number of hydrogen-bond acceptors (Lipinski definition) is 1. The van der Waals surface area contributed by atoms with Crippen molar-refractivity contribution < 1.29 is 0 Å². The molecule has 1 aliphatic rings. The van der Waals surface area contributed by atoms with Gasteiger partial charge in [0.2, 0.25) is 0 Å². The molecule has 0 bridgehead atoms. The molecule has 0 aromatic heterocycles. The van der Waals surface area contributed by atoms with Crippen molar-refractivity contribution in [3.63, 3.8) is 0 Å². The molecule has 1 aliphatic heterocycles. The minimum absolute atomic E-state index is 0.705. The lowest BCUT2D eigenvalue weighted by molar-refractivity contribution is 1.24. The Morgan fingerprint density at radius 1 is 1.86 bits per heavy atom. The van der Waals surface area contributed by atoms with E-state index in [1.165, 1.54) is 0 Å². The zero-order valence-corrected chi connectivity index (χ0v) is 3.89. The fourth-order valence-corrected chi connectivity index (χ4v) is 0.440. The summed E-state index contributed by atoms with van der Waals surface area (Å²) in [6.07, 6.45) is 8.61. The molecule has 0 fully saturated rings. The van der Waals surface area contributed by atoms with Crippen LogP contribution in [-0.2, 0) is 0 Å². The highest BCUT2D eigenvalue weighted by atomic mass is 14.7. The predicted octanol–water partition coefficient (Wildman–Crippen LogP) is 0.630. The van der Waals surface area contributed by atoms with E-state index < -0.39 is 0 Å². The third-order valence-corrected chi connectivity index (χ3v) is 0.828. The molecule has 0 aromatic rings. The van der Waals surface area contributed by atoms with Gasteiger partial charge in [0.1, 0.15) is 0 Å². The van der Waals surface area contributed by atoms with E-state index in [1.54, 1.807) is 6.21 Å². The van der Waals surface area contributed by atoms with Gasteiger partial charge in [-0.3, -0.25) is 4.99 Å². The van der Waals surface area contributed by atoms with Crippen molar-refractivity contribution in [3.8, 4) is 12.3 Å². The molecule has 1 rings (SSSR count). The predicted molar refractivity (Wildman–Crippen MR) is 30.3 cm³/mol. The second kappa shape index (κ2) is 1.61. The van der Waals surface area contributed by atoms with Crippen molar-refractivity contribution in [2.45, 2.75) is 0 Å². The number of nitrogens with zero attached hydrogens (tertiary/aromatic N) is 1. The van der Waals surface area contributed by atoms with E-state index in [0.717, 1.165) is 5.57 Å². The summed E-state index contributed by atoms with van der Waals surface area (Å²) in [6, 6.07) is 0. The average Bonchev–Trinajstić information content (AvgIpc) is 2.14. The summed E-state index contributed by atoms with van der Waals surface area (Å²) < 4.78 is 0. The molecule has 0 aliphatic carbocycles. The molecule has 1 heteroatoms. The van der Waals surface area contributed by atoms with Crippen LogP contribution < -0.4 is 0 Å². The van der Waals surface area contributed by atoms with Gasteiger partial charge in [-0.15, -0.1) is 6.42 Å². The van der Waals surface area contributed by atoms with Gasteiger partial charge in [-0.25, -0.2) is 0 Å². The van der Waals surface area contributed by atoms with E-state index in [-0.39, 0.29) is 0 Å². The topological polar surface area (TPSA) is 12.4 Å². The SMILES string of the molecule is C#CC1=CC=NC1. The van der Waals surface area contributed by atoms with E-state index >= 15 is 0 Å². The molecule has 7 heavy (non-hydrogen) atoms. The van der Waals surface area contributed by atoms with E-state index in [9.17, 15) is 0 Å². The zero-order valence-electron chi connectivity index (χ0n) is 3.89. The number of aliphatic imine (C=N–C) groups is 1. The Balaban J connectivity index is 2.67. The van der Waals surface area contributed by atoms with Gasteiger partial charge in [0.25, 0.3) is 0 Å². The number of hydrogen-bond donors (Lipinski definition) is 0. The highest BCUT2D eigenvalue weighted by molar-refractivity contribution is 5.76. The average molecular weight is 91.1 g/mol. The molecule has 0 radical (unpaired) electrons. The Labute approximate surface area is 42.8 Å². The summed E-state index contributed by atoms with van der Waals surface area (Å²) in [4.78, 5) is 3.88. The Hall–Kier alpha value is -1.03. The van der Waals surface area contributed by atoms with Gasteiger partial charge in [0, 0.05) is 11.8 Å². The Bertz CT molecular complexity index is 158. The lowest BCUT2D eigenvalue weighted by Gasteiger charge is -1.78. The van der Waals surface area contributed by atoms with E-state index in [1.807, 2.05) is 6.08 Å². The van der Waals surface area contributed by atoms with Crippen molar-refractivity contribution >= 4 is 6.21 Å². The zero-order chi connectivity index (χ0) is 5.11. The minimum atomic E-state index is 0.705. The molecular formula is C6H5N. The second-order valence-electron chi connectivity index (χ2n) is 1.33. The highest BCUT2D eigenvalue weighted by Crippen LogP contribution is 1.95. The first-order chi connectivity index (χ1) is 3.43. The Kier molecular flexibility index (Phi) is 0.953. The lowest BCUT2D eigenvalue weighted by atomic mass is 10.3. The second-order valence-corrected chi connectivity index (χ2v) is 1.33. The monoisotopic (exact) mass is 91.0 g/mol. The van der Waals surface area contributed by atoms with Crippen LogP contribution in [0.1, 0.15) is 0 Å². The van der Waals surface area contributed by atoms with Gasteiger partial charge >= 0.3 is 0 Å².